The maximum atomic E-state index is 5.52. The minimum Gasteiger partial charge on any atom is -0.494 e. The molecule has 0 saturated heterocycles. The van der Waals surface area contributed by atoms with Gasteiger partial charge in [0.1, 0.15) is 5.75 Å². The Labute approximate surface area is 162 Å². The highest BCUT2D eigenvalue weighted by Gasteiger charge is 2.11. The average Bonchev–Trinajstić information content (AvgIpc) is 3.06. The van der Waals surface area contributed by atoms with E-state index in [1.54, 1.807) is 0 Å². The fourth-order valence-electron chi connectivity index (χ4n) is 3.27. The van der Waals surface area contributed by atoms with Crippen molar-refractivity contribution < 1.29 is 4.74 Å². The summed E-state index contributed by atoms with van der Waals surface area (Å²) in [6, 6.07) is 16.6. The molecule has 5 nitrogen and oxygen atoms in total. The van der Waals surface area contributed by atoms with Gasteiger partial charge in [-0.15, -0.1) is 0 Å². The van der Waals surface area contributed by atoms with Crippen molar-refractivity contribution in [3.8, 4) is 5.75 Å². The second-order valence-corrected chi connectivity index (χ2v) is 6.53. The van der Waals surface area contributed by atoms with Crippen molar-refractivity contribution in [1.82, 2.24) is 14.5 Å². The van der Waals surface area contributed by atoms with Crippen molar-refractivity contribution in [3.05, 3.63) is 54.1 Å². The van der Waals surface area contributed by atoms with E-state index in [2.05, 4.69) is 59.0 Å². The summed E-state index contributed by atoms with van der Waals surface area (Å²) >= 11 is 0. The van der Waals surface area contributed by atoms with Gasteiger partial charge >= 0.3 is 0 Å². The largest absolute Gasteiger partial charge is 0.494 e. The molecule has 1 heterocycles. The highest BCUT2D eigenvalue weighted by atomic mass is 16.5. The number of rotatable bonds is 10. The molecule has 0 fully saturated rings. The van der Waals surface area contributed by atoms with Gasteiger partial charge in [0.05, 0.1) is 17.6 Å². The van der Waals surface area contributed by atoms with Crippen molar-refractivity contribution in [2.75, 3.05) is 31.6 Å². The van der Waals surface area contributed by atoms with Crippen LogP contribution in [0, 0.1) is 0 Å². The SMILES string of the molecule is CCOc1ccc(CNc2nc3ccccc3n2CCN(CC)CC)cc1. The molecule has 0 atom stereocenters. The van der Waals surface area contributed by atoms with E-state index in [1.165, 1.54) is 11.1 Å². The van der Waals surface area contributed by atoms with Gasteiger partial charge < -0.3 is 19.5 Å². The average molecular weight is 367 g/mol. The lowest BCUT2D eigenvalue weighted by atomic mass is 10.2. The zero-order valence-electron chi connectivity index (χ0n) is 16.6. The third kappa shape index (κ3) is 4.80. The summed E-state index contributed by atoms with van der Waals surface area (Å²) in [5.74, 6) is 1.84. The standard InChI is InChI=1S/C22H30N4O/c1-4-25(5-2)15-16-26-21-10-8-7-9-20(21)24-22(26)23-17-18-11-13-19(14-12-18)27-6-3/h7-14H,4-6,15-17H2,1-3H3,(H,23,24). The second-order valence-electron chi connectivity index (χ2n) is 6.53. The maximum absolute atomic E-state index is 5.52. The molecule has 0 aliphatic carbocycles. The van der Waals surface area contributed by atoms with E-state index in [4.69, 9.17) is 9.72 Å². The number of benzene rings is 2. The summed E-state index contributed by atoms with van der Waals surface area (Å²) in [4.78, 5) is 7.25. The first kappa shape index (κ1) is 19.2. The number of hydrogen-bond donors (Lipinski definition) is 1. The minimum atomic E-state index is 0.689. The third-order valence-electron chi connectivity index (χ3n) is 4.87. The molecule has 0 bridgehead atoms. The predicted molar refractivity (Wildman–Crippen MR) is 112 cm³/mol. The van der Waals surface area contributed by atoms with Crippen molar-refractivity contribution in [3.63, 3.8) is 0 Å². The highest BCUT2D eigenvalue weighted by molar-refractivity contribution is 5.78. The van der Waals surface area contributed by atoms with Gasteiger partial charge in [-0.05, 0) is 49.8 Å². The first-order valence-electron chi connectivity index (χ1n) is 9.88. The Balaban J connectivity index is 1.75. The summed E-state index contributed by atoms with van der Waals surface area (Å²) in [5.41, 5.74) is 3.42. The van der Waals surface area contributed by atoms with Crippen molar-refractivity contribution in [2.45, 2.75) is 33.9 Å². The lowest BCUT2D eigenvalue weighted by molar-refractivity contribution is 0.292. The monoisotopic (exact) mass is 366 g/mol. The summed E-state index contributed by atoms with van der Waals surface area (Å²) in [6.45, 7) is 11.9. The van der Waals surface area contributed by atoms with E-state index < -0.39 is 0 Å². The molecule has 0 spiro atoms. The smallest absolute Gasteiger partial charge is 0.204 e. The van der Waals surface area contributed by atoms with Crippen LogP contribution in [0.5, 0.6) is 5.75 Å². The van der Waals surface area contributed by atoms with E-state index in [1.807, 2.05) is 25.1 Å². The van der Waals surface area contributed by atoms with Crippen LogP contribution in [0.3, 0.4) is 0 Å². The number of fused-ring (bicyclic) bond motifs is 1. The van der Waals surface area contributed by atoms with E-state index in [-0.39, 0.29) is 0 Å². The second kappa shape index (κ2) is 9.42. The topological polar surface area (TPSA) is 42.3 Å². The Bertz CT molecular complexity index is 837. The number of nitrogens with zero attached hydrogens (tertiary/aromatic N) is 3. The maximum Gasteiger partial charge on any atom is 0.204 e. The molecule has 0 amide bonds. The van der Waals surface area contributed by atoms with E-state index >= 15 is 0 Å². The number of likely N-dealkylation sites (N-methyl/N-ethyl adjacent to an activating group) is 1. The van der Waals surface area contributed by atoms with Crippen LogP contribution in [0.1, 0.15) is 26.3 Å². The number of aromatic nitrogens is 2. The fraction of sp³-hybridized carbons (Fsp3) is 0.409. The normalized spacial score (nSPS) is 11.3. The van der Waals surface area contributed by atoms with Gasteiger partial charge in [-0.3, -0.25) is 0 Å². The zero-order chi connectivity index (χ0) is 19.1. The summed E-state index contributed by atoms with van der Waals surface area (Å²) < 4.78 is 7.81. The van der Waals surface area contributed by atoms with Crippen LogP contribution in [0.2, 0.25) is 0 Å². The third-order valence-corrected chi connectivity index (χ3v) is 4.87. The van der Waals surface area contributed by atoms with Gasteiger partial charge in [-0.25, -0.2) is 4.98 Å². The van der Waals surface area contributed by atoms with Gasteiger partial charge in [0.25, 0.3) is 0 Å². The highest BCUT2D eigenvalue weighted by Crippen LogP contribution is 2.21. The molecule has 0 saturated carbocycles. The van der Waals surface area contributed by atoms with Gasteiger partial charge in [0.2, 0.25) is 5.95 Å². The molecule has 0 aliphatic rings. The Morgan fingerprint density at radius 2 is 1.74 bits per heavy atom. The molecule has 0 radical (unpaired) electrons. The number of para-hydroxylation sites is 2. The van der Waals surface area contributed by atoms with Crippen LogP contribution in [-0.2, 0) is 13.1 Å². The van der Waals surface area contributed by atoms with Crippen molar-refractivity contribution in [2.24, 2.45) is 0 Å². The minimum absolute atomic E-state index is 0.689. The number of ether oxygens (including phenoxy) is 1. The number of anilines is 1. The molecule has 3 aromatic rings. The quantitative estimate of drug-likeness (QED) is 0.578. The molecule has 2 aromatic carbocycles. The Morgan fingerprint density at radius 3 is 2.44 bits per heavy atom. The Hall–Kier alpha value is -2.53. The lowest BCUT2D eigenvalue weighted by Crippen LogP contribution is -2.27. The molecule has 27 heavy (non-hydrogen) atoms. The van der Waals surface area contributed by atoms with Crippen LogP contribution >= 0.6 is 0 Å². The Kier molecular flexibility index (Phi) is 6.71. The molecule has 0 aliphatic heterocycles. The molecule has 0 unspecified atom stereocenters. The first-order valence-corrected chi connectivity index (χ1v) is 9.88. The fourth-order valence-corrected chi connectivity index (χ4v) is 3.27. The molecular formula is C22H30N4O. The number of imidazole rings is 1. The van der Waals surface area contributed by atoms with Crippen LogP contribution in [0.25, 0.3) is 11.0 Å². The van der Waals surface area contributed by atoms with Gasteiger partial charge in [0.15, 0.2) is 0 Å². The van der Waals surface area contributed by atoms with E-state index in [9.17, 15) is 0 Å². The zero-order valence-corrected chi connectivity index (χ0v) is 16.6. The number of nitrogens with one attached hydrogen (secondary N) is 1. The molecule has 144 valence electrons. The summed E-state index contributed by atoms with van der Waals surface area (Å²) in [7, 11) is 0. The molecule has 1 N–H and O–H groups in total. The van der Waals surface area contributed by atoms with Crippen molar-refractivity contribution >= 4 is 17.0 Å². The predicted octanol–water partition coefficient (Wildman–Crippen LogP) is 4.39. The van der Waals surface area contributed by atoms with Gasteiger partial charge in [0, 0.05) is 19.6 Å². The molecule has 3 rings (SSSR count). The molecular weight excluding hydrogens is 336 g/mol. The summed E-state index contributed by atoms with van der Waals surface area (Å²) in [6.07, 6.45) is 0. The van der Waals surface area contributed by atoms with Gasteiger partial charge in [-0.1, -0.05) is 38.1 Å². The van der Waals surface area contributed by atoms with Crippen LogP contribution < -0.4 is 10.1 Å². The molecule has 1 aromatic heterocycles. The van der Waals surface area contributed by atoms with Crippen LogP contribution in [0.15, 0.2) is 48.5 Å². The Morgan fingerprint density at radius 1 is 1.00 bits per heavy atom. The first-order chi connectivity index (χ1) is 13.2. The number of hydrogen-bond acceptors (Lipinski definition) is 4. The van der Waals surface area contributed by atoms with E-state index in [0.29, 0.717) is 6.61 Å². The van der Waals surface area contributed by atoms with Gasteiger partial charge in [-0.2, -0.15) is 0 Å². The van der Waals surface area contributed by atoms with Crippen LogP contribution in [-0.4, -0.2) is 40.7 Å². The lowest BCUT2D eigenvalue weighted by Gasteiger charge is -2.19. The van der Waals surface area contributed by atoms with Crippen LogP contribution in [0.4, 0.5) is 5.95 Å². The van der Waals surface area contributed by atoms with E-state index in [0.717, 1.165) is 49.9 Å². The summed E-state index contributed by atoms with van der Waals surface area (Å²) in [5, 5.41) is 3.52. The molecule has 5 heteroatoms. The van der Waals surface area contributed by atoms with Crippen molar-refractivity contribution in [1.29, 1.82) is 0 Å².